The Morgan fingerprint density at radius 2 is 1.41 bits per heavy atom. The van der Waals surface area contributed by atoms with Crippen LogP contribution in [-0.2, 0) is 39.8 Å². The third-order valence-corrected chi connectivity index (χ3v) is 4.29. The van der Waals surface area contributed by atoms with Gasteiger partial charge in [0.05, 0.1) is 39.6 Å². The van der Waals surface area contributed by atoms with Crippen LogP contribution in [0.5, 0.6) is 0 Å². The molecule has 0 aliphatic rings. The quantitative estimate of drug-likeness (QED) is 0.222. The molecule has 1 aromatic rings. The molecule has 0 fully saturated rings. The second-order valence-electron chi connectivity index (χ2n) is 7.06. The maximum Gasteiger partial charge on any atom is 0.246 e. The number of benzene rings is 1. The van der Waals surface area contributed by atoms with E-state index in [2.05, 4.69) is 41.8 Å². The lowest BCUT2D eigenvalue weighted by molar-refractivity contribution is -0.126. The van der Waals surface area contributed by atoms with Gasteiger partial charge in [-0.2, -0.15) is 0 Å². The summed E-state index contributed by atoms with van der Waals surface area (Å²) in [5.74, 6) is -0.213. The predicted octanol–water partition coefficient (Wildman–Crippen LogP) is 0.815. The van der Waals surface area contributed by atoms with Crippen molar-refractivity contribution in [3.05, 3.63) is 35.4 Å². The summed E-state index contributed by atoms with van der Waals surface area (Å²) in [6, 6.07) is 8.35. The molecule has 2 N–H and O–H groups in total. The zero-order valence-corrected chi connectivity index (χ0v) is 18.9. The predicted molar refractivity (Wildman–Crippen MR) is 119 cm³/mol. The highest BCUT2D eigenvalue weighted by molar-refractivity contribution is 5.77. The molecule has 0 aromatic heterocycles. The van der Waals surface area contributed by atoms with E-state index in [1.165, 1.54) is 11.1 Å². The summed E-state index contributed by atoms with van der Waals surface area (Å²) in [6.45, 7) is 4.99. The topological polar surface area (TPSA) is 112 Å². The van der Waals surface area contributed by atoms with E-state index in [1.807, 2.05) is 0 Å². The summed E-state index contributed by atoms with van der Waals surface area (Å²) >= 11 is 0. The average Bonchev–Trinajstić information content (AvgIpc) is 2.78. The molecule has 0 saturated heterocycles. The fourth-order valence-electron chi connectivity index (χ4n) is 2.61. The highest BCUT2D eigenvalue weighted by Crippen LogP contribution is 2.07. The maximum atomic E-state index is 11.8. The lowest BCUT2D eigenvalue weighted by atomic mass is 10.1. The molecular weight excluding hydrogens is 416 g/mol. The molecule has 9 nitrogen and oxygen atoms in total. The van der Waals surface area contributed by atoms with Gasteiger partial charge in [-0.25, -0.2) is 0 Å². The van der Waals surface area contributed by atoms with Crippen molar-refractivity contribution in [2.24, 2.45) is 0 Å². The van der Waals surface area contributed by atoms with E-state index in [0.717, 1.165) is 12.8 Å². The summed E-state index contributed by atoms with van der Waals surface area (Å²) < 4.78 is 20.8. The van der Waals surface area contributed by atoms with Gasteiger partial charge in [-0.05, 0) is 25.3 Å². The largest absolute Gasteiger partial charge is 0.377 e. The van der Waals surface area contributed by atoms with Crippen molar-refractivity contribution in [3.63, 3.8) is 0 Å². The number of amides is 2. The minimum absolute atomic E-state index is 0.0195. The number of carbonyl (C=O) groups is 3. The van der Waals surface area contributed by atoms with Gasteiger partial charge in [-0.3, -0.25) is 9.59 Å². The Hall–Kier alpha value is -2.33. The average molecular weight is 453 g/mol. The van der Waals surface area contributed by atoms with Crippen molar-refractivity contribution in [3.8, 4) is 0 Å². The number of hydrogen-bond acceptors (Lipinski definition) is 7. The smallest absolute Gasteiger partial charge is 0.246 e. The Morgan fingerprint density at radius 1 is 0.812 bits per heavy atom. The third-order valence-electron chi connectivity index (χ3n) is 4.29. The summed E-state index contributed by atoms with van der Waals surface area (Å²) in [5, 5.41) is 5.49. The van der Waals surface area contributed by atoms with Crippen LogP contribution in [0.25, 0.3) is 0 Å². The van der Waals surface area contributed by atoms with Crippen LogP contribution in [0.4, 0.5) is 0 Å². The summed E-state index contributed by atoms with van der Waals surface area (Å²) in [4.78, 5) is 33.4. The van der Waals surface area contributed by atoms with Gasteiger partial charge in [-0.15, -0.1) is 0 Å². The van der Waals surface area contributed by atoms with E-state index in [1.54, 1.807) is 0 Å². The second-order valence-corrected chi connectivity index (χ2v) is 7.06. The van der Waals surface area contributed by atoms with Gasteiger partial charge < -0.3 is 34.4 Å². The Labute approximate surface area is 190 Å². The first kappa shape index (κ1) is 27.7. The van der Waals surface area contributed by atoms with Gasteiger partial charge in [0.15, 0.2) is 0 Å². The highest BCUT2D eigenvalue weighted by Gasteiger charge is 2.03. The number of aldehydes is 1. The molecule has 0 aliphatic carbocycles. The van der Waals surface area contributed by atoms with Crippen molar-refractivity contribution in [1.82, 2.24) is 10.6 Å². The fraction of sp³-hybridized carbons (Fsp3) is 0.609. The van der Waals surface area contributed by atoms with Crippen molar-refractivity contribution >= 4 is 18.1 Å². The molecule has 180 valence electrons. The first-order chi connectivity index (χ1) is 15.6. The molecule has 0 saturated carbocycles. The van der Waals surface area contributed by atoms with Gasteiger partial charge in [0, 0.05) is 19.5 Å². The van der Waals surface area contributed by atoms with Crippen molar-refractivity contribution in [2.45, 2.75) is 26.2 Å². The molecule has 0 heterocycles. The third kappa shape index (κ3) is 16.4. The summed E-state index contributed by atoms with van der Waals surface area (Å²) in [5.41, 5.74) is 2.48. The molecule has 32 heavy (non-hydrogen) atoms. The monoisotopic (exact) mass is 452 g/mol. The van der Waals surface area contributed by atoms with Crippen molar-refractivity contribution in [2.75, 3.05) is 65.9 Å². The molecule has 0 bridgehead atoms. The summed E-state index contributed by atoms with van der Waals surface area (Å²) in [7, 11) is 0. The number of aryl methyl sites for hydroxylation is 2. The Bertz CT molecular complexity index is 638. The van der Waals surface area contributed by atoms with Crippen LogP contribution in [0.1, 0.15) is 24.0 Å². The van der Waals surface area contributed by atoms with E-state index in [4.69, 9.17) is 18.9 Å². The van der Waals surface area contributed by atoms with Crippen molar-refractivity contribution < 1.29 is 33.3 Å². The van der Waals surface area contributed by atoms with Crippen LogP contribution in [0.2, 0.25) is 0 Å². The lowest BCUT2D eigenvalue weighted by Crippen LogP contribution is -2.31. The van der Waals surface area contributed by atoms with E-state index < -0.39 is 0 Å². The lowest BCUT2D eigenvalue weighted by Gasteiger charge is -2.08. The van der Waals surface area contributed by atoms with E-state index in [9.17, 15) is 14.4 Å². The standard InChI is InChI=1S/C23H36N2O7/c1-20-5-7-21(8-6-20)3-2-4-22(27)24-9-12-30-17-18-32-19-23(28)25-10-13-29-15-16-31-14-11-26/h5-8,11H,2-4,9-10,12-19H2,1H3,(H,24,27)(H,25,28). The van der Waals surface area contributed by atoms with Gasteiger partial charge in [0.2, 0.25) is 11.8 Å². The van der Waals surface area contributed by atoms with Crippen molar-refractivity contribution in [1.29, 1.82) is 0 Å². The Morgan fingerprint density at radius 3 is 2.06 bits per heavy atom. The Balaban J connectivity index is 1.83. The molecule has 0 atom stereocenters. The number of nitrogens with one attached hydrogen (secondary N) is 2. The fourth-order valence-corrected chi connectivity index (χ4v) is 2.61. The van der Waals surface area contributed by atoms with E-state index >= 15 is 0 Å². The maximum absolute atomic E-state index is 11.8. The number of ether oxygens (including phenoxy) is 4. The van der Waals surface area contributed by atoms with Gasteiger partial charge in [0.25, 0.3) is 0 Å². The molecular formula is C23H36N2O7. The molecule has 2 amide bonds. The minimum atomic E-state index is -0.233. The normalized spacial score (nSPS) is 10.7. The van der Waals surface area contributed by atoms with Crippen LogP contribution in [0, 0.1) is 6.92 Å². The minimum Gasteiger partial charge on any atom is -0.377 e. The van der Waals surface area contributed by atoms with Gasteiger partial charge in [0.1, 0.15) is 19.5 Å². The van der Waals surface area contributed by atoms with Crippen LogP contribution < -0.4 is 10.6 Å². The second kappa shape index (κ2) is 19.4. The Kier molecular flexibility index (Phi) is 16.8. The first-order valence-corrected chi connectivity index (χ1v) is 11.0. The van der Waals surface area contributed by atoms with Gasteiger partial charge >= 0.3 is 0 Å². The molecule has 0 unspecified atom stereocenters. The first-order valence-electron chi connectivity index (χ1n) is 11.0. The van der Waals surface area contributed by atoms with Crippen LogP contribution in [0.3, 0.4) is 0 Å². The molecule has 0 spiro atoms. The number of rotatable bonds is 20. The zero-order chi connectivity index (χ0) is 23.3. The highest BCUT2D eigenvalue weighted by atomic mass is 16.5. The van der Waals surface area contributed by atoms with E-state index in [-0.39, 0.29) is 25.0 Å². The molecule has 1 aromatic carbocycles. The van der Waals surface area contributed by atoms with E-state index in [0.29, 0.717) is 65.4 Å². The van der Waals surface area contributed by atoms with Crippen LogP contribution in [0.15, 0.2) is 24.3 Å². The molecule has 0 radical (unpaired) electrons. The van der Waals surface area contributed by atoms with Crippen LogP contribution >= 0.6 is 0 Å². The van der Waals surface area contributed by atoms with Gasteiger partial charge in [-0.1, -0.05) is 29.8 Å². The number of hydrogen-bond donors (Lipinski definition) is 2. The van der Waals surface area contributed by atoms with Crippen LogP contribution in [-0.4, -0.2) is 84.0 Å². The molecule has 1 rings (SSSR count). The SMILES string of the molecule is Cc1ccc(CCCC(=O)NCCOCCOCC(=O)NCCOCCOCC=O)cc1. The molecule has 0 aliphatic heterocycles. The summed E-state index contributed by atoms with van der Waals surface area (Å²) in [6.07, 6.45) is 2.87. The molecule has 9 heteroatoms. The number of carbonyl (C=O) groups excluding carboxylic acids is 3. The zero-order valence-electron chi connectivity index (χ0n) is 18.9.